The highest BCUT2D eigenvalue weighted by molar-refractivity contribution is 7.80. The summed E-state index contributed by atoms with van der Waals surface area (Å²) in [6.45, 7) is 0. The average Bonchev–Trinajstić information content (AvgIpc) is 2.57. The number of aliphatic imine (C=N–C) groups is 1. The molecular formula is C15H12FN3S. The Morgan fingerprint density at radius 1 is 1.05 bits per heavy atom. The Balaban J connectivity index is 2.25. The monoisotopic (exact) mass is 285 g/mol. The Morgan fingerprint density at radius 3 is 2.45 bits per heavy atom. The molecule has 1 aliphatic heterocycles. The minimum atomic E-state index is -0.688. The van der Waals surface area contributed by atoms with E-state index in [4.69, 9.17) is 18.0 Å². The van der Waals surface area contributed by atoms with Crippen molar-refractivity contribution in [3.05, 3.63) is 65.5 Å². The van der Waals surface area contributed by atoms with Crippen molar-refractivity contribution in [2.75, 3.05) is 5.32 Å². The van der Waals surface area contributed by atoms with Crippen molar-refractivity contribution in [1.82, 2.24) is 0 Å². The van der Waals surface area contributed by atoms with Gasteiger partial charge in [0.05, 0.1) is 5.71 Å². The molecule has 1 atom stereocenters. The van der Waals surface area contributed by atoms with E-state index < -0.39 is 6.17 Å². The first kappa shape index (κ1) is 12.9. The molecule has 0 spiro atoms. The Kier molecular flexibility index (Phi) is 3.30. The topological polar surface area (TPSA) is 50.4 Å². The third kappa shape index (κ3) is 2.21. The molecule has 20 heavy (non-hydrogen) atoms. The number of fused-ring (bicyclic) bond motifs is 1. The van der Waals surface area contributed by atoms with E-state index in [1.807, 2.05) is 24.3 Å². The van der Waals surface area contributed by atoms with Gasteiger partial charge in [-0.3, -0.25) is 4.99 Å². The molecular weight excluding hydrogens is 273 g/mol. The number of halogens is 1. The first-order chi connectivity index (χ1) is 9.66. The van der Waals surface area contributed by atoms with E-state index in [-0.39, 0.29) is 5.82 Å². The number of para-hydroxylation sites is 1. The molecule has 3 nitrogen and oxygen atoms in total. The first-order valence-electron chi connectivity index (χ1n) is 6.15. The van der Waals surface area contributed by atoms with Crippen LogP contribution in [0, 0.1) is 5.82 Å². The van der Waals surface area contributed by atoms with E-state index in [2.05, 4.69) is 10.3 Å². The third-order valence-electron chi connectivity index (χ3n) is 3.11. The molecule has 0 radical (unpaired) electrons. The van der Waals surface area contributed by atoms with Crippen LogP contribution in [0.5, 0.6) is 0 Å². The molecule has 100 valence electrons. The summed E-state index contributed by atoms with van der Waals surface area (Å²) in [5, 5.41) is 3.06. The maximum Gasteiger partial charge on any atom is 0.149 e. The molecule has 3 N–H and O–H groups in total. The number of nitrogens with zero attached hydrogens (tertiary/aromatic N) is 1. The van der Waals surface area contributed by atoms with Crippen LogP contribution in [0.1, 0.15) is 11.1 Å². The summed E-state index contributed by atoms with van der Waals surface area (Å²) in [5.41, 5.74) is 8.42. The van der Waals surface area contributed by atoms with Crippen LogP contribution < -0.4 is 11.1 Å². The van der Waals surface area contributed by atoms with Gasteiger partial charge >= 0.3 is 0 Å². The van der Waals surface area contributed by atoms with E-state index in [0.717, 1.165) is 11.3 Å². The lowest BCUT2D eigenvalue weighted by Crippen LogP contribution is -2.31. The molecule has 0 unspecified atom stereocenters. The molecule has 3 rings (SSSR count). The normalized spacial score (nSPS) is 17.8. The predicted molar refractivity (Wildman–Crippen MR) is 82.7 cm³/mol. The molecule has 2 aromatic carbocycles. The van der Waals surface area contributed by atoms with Gasteiger partial charge in [-0.2, -0.15) is 0 Å². The lowest BCUT2D eigenvalue weighted by Gasteiger charge is -2.10. The number of benzene rings is 2. The van der Waals surface area contributed by atoms with Crippen LogP contribution in [0.25, 0.3) is 0 Å². The van der Waals surface area contributed by atoms with Crippen LogP contribution in [0.3, 0.4) is 0 Å². The number of benzodiazepines with no additional fused rings is 1. The number of nitrogens with two attached hydrogens (primary N) is 1. The molecule has 5 heteroatoms. The van der Waals surface area contributed by atoms with Crippen molar-refractivity contribution >= 4 is 28.6 Å². The minimum absolute atomic E-state index is 0.332. The fraction of sp³-hybridized carbons (Fsp3) is 0.0667. The lowest BCUT2D eigenvalue weighted by atomic mass is 10.0. The van der Waals surface area contributed by atoms with Crippen LogP contribution in [-0.2, 0) is 0 Å². The standard InChI is InChI=1S/C15H12FN3S/c16-11-7-3-1-5-9(11)13-10-6-2-4-8-12(10)18-15(20)14(17)19-13/h1-8,14H,17H2,(H,18,20)/t14-/m0/s1. The summed E-state index contributed by atoms with van der Waals surface area (Å²) in [7, 11) is 0. The molecule has 0 amide bonds. The van der Waals surface area contributed by atoms with Crippen LogP contribution in [0.4, 0.5) is 10.1 Å². The summed E-state index contributed by atoms with van der Waals surface area (Å²) in [6.07, 6.45) is -0.688. The van der Waals surface area contributed by atoms with Crippen LogP contribution in [0.2, 0.25) is 0 Å². The van der Waals surface area contributed by atoms with Gasteiger partial charge in [-0.05, 0) is 18.2 Å². The third-order valence-corrected chi connectivity index (χ3v) is 3.45. The molecule has 2 aromatic rings. The minimum Gasteiger partial charge on any atom is -0.347 e. The van der Waals surface area contributed by atoms with Gasteiger partial charge in [-0.15, -0.1) is 0 Å². The van der Waals surface area contributed by atoms with Crippen molar-refractivity contribution in [3.8, 4) is 0 Å². The zero-order valence-corrected chi connectivity index (χ0v) is 11.3. The van der Waals surface area contributed by atoms with Crippen LogP contribution >= 0.6 is 12.2 Å². The smallest absolute Gasteiger partial charge is 0.149 e. The van der Waals surface area contributed by atoms with Gasteiger partial charge in [-0.1, -0.05) is 42.5 Å². The quantitative estimate of drug-likeness (QED) is 0.792. The van der Waals surface area contributed by atoms with E-state index in [9.17, 15) is 4.39 Å². The van der Waals surface area contributed by atoms with Gasteiger partial charge in [0.25, 0.3) is 0 Å². The number of hydrogen-bond acceptors (Lipinski definition) is 3. The van der Waals surface area contributed by atoms with Crippen LogP contribution in [-0.4, -0.2) is 16.9 Å². The molecule has 0 saturated carbocycles. The highest BCUT2D eigenvalue weighted by Crippen LogP contribution is 2.24. The van der Waals surface area contributed by atoms with Gasteiger partial charge in [-0.25, -0.2) is 4.39 Å². The number of hydrogen-bond donors (Lipinski definition) is 2. The summed E-state index contributed by atoms with van der Waals surface area (Å²) >= 11 is 5.19. The molecule has 1 heterocycles. The second-order valence-corrected chi connectivity index (χ2v) is 4.88. The highest BCUT2D eigenvalue weighted by atomic mass is 32.1. The molecule has 0 aromatic heterocycles. The fourth-order valence-corrected chi connectivity index (χ4v) is 2.30. The molecule has 0 fully saturated rings. The maximum atomic E-state index is 14.1. The van der Waals surface area contributed by atoms with Crippen molar-refractivity contribution in [2.24, 2.45) is 10.7 Å². The van der Waals surface area contributed by atoms with Gasteiger partial charge in [0.2, 0.25) is 0 Å². The number of rotatable bonds is 1. The molecule has 1 aliphatic rings. The Morgan fingerprint density at radius 2 is 1.70 bits per heavy atom. The summed E-state index contributed by atoms with van der Waals surface area (Å²) < 4.78 is 14.1. The number of thiocarbonyl (C=S) groups is 1. The van der Waals surface area contributed by atoms with Gasteiger partial charge in [0.15, 0.2) is 0 Å². The zero-order chi connectivity index (χ0) is 14.1. The summed E-state index contributed by atoms with van der Waals surface area (Å²) in [5.74, 6) is -0.332. The first-order valence-corrected chi connectivity index (χ1v) is 6.56. The van der Waals surface area contributed by atoms with E-state index in [1.54, 1.807) is 18.2 Å². The van der Waals surface area contributed by atoms with E-state index in [1.165, 1.54) is 6.07 Å². The largest absolute Gasteiger partial charge is 0.347 e. The Bertz CT molecular complexity index is 712. The van der Waals surface area contributed by atoms with Gasteiger partial charge in [0.1, 0.15) is 17.0 Å². The highest BCUT2D eigenvalue weighted by Gasteiger charge is 2.21. The summed E-state index contributed by atoms with van der Waals surface area (Å²) in [6, 6.07) is 14.0. The van der Waals surface area contributed by atoms with E-state index >= 15 is 0 Å². The molecule has 0 bridgehead atoms. The lowest BCUT2D eigenvalue weighted by molar-refractivity contribution is 0.625. The van der Waals surface area contributed by atoms with Crippen molar-refractivity contribution in [3.63, 3.8) is 0 Å². The second-order valence-electron chi connectivity index (χ2n) is 4.44. The summed E-state index contributed by atoms with van der Waals surface area (Å²) in [4.78, 5) is 4.80. The Hall–Kier alpha value is -2.11. The van der Waals surface area contributed by atoms with Crippen LogP contribution in [0.15, 0.2) is 53.5 Å². The molecule has 0 saturated heterocycles. The van der Waals surface area contributed by atoms with Crippen molar-refractivity contribution in [2.45, 2.75) is 6.17 Å². The molecule has 0 aliphatic carbocycles. The Labute approximate surface area is 121 Å². The average molecular weight is 285 g/mol. The number of nitrogens with one attached hydrogen (secondary N) is 1. The predicted octanol–water partition coefficient (Wildman–Crippen LogP) is 2.70. The number of anilines is 1. The van der Waals surface area contributed by atoms with E-state index in [0.29, 0.717) is 16.3 Å². The zero-order valence-electron chi connectivity index (χ0n) is 10.5. The fourth-order valence-electron chi connectivity index (χ4n) is 2.14. The van der Waals surface area contributed by atoms with Gasteiger partial charge in [0, 0.05) is 16.8 Å². The SMILES string of the molecule is N[C@H]1N=C(c2ccccc2F)c2ccccc2NC1=S. The second kappa shape index (κ2) is 5.11. The van der Waals surface area contributed by atoms with Gasteiger partial charge < -0.3 is 11.1 Å². The maximum absolute atomic E-state index is 14.1. The van der Waals surface area contributed by atoms with Crippen molar-refractivity contribution < 1.29 is 4.39 Å². The van der Waals surface area contributed by atoms with Crippen molar-refractivity contribution in [1.29, 1.82) is 0 Å².